The van der Waals surface area contributed by atoms with Crippen molar-refractivity contribution in [2.24, 2.45) is 0 Å². The number of nitrogens with zero attached hydrogens (tertiary/aromatic N) is 4. The van der Waals surface area contributed by atoms with Gasteiger partial charge in [0.05, 0.1) is 5.97 Å². The third-order valence-corrected chi connectivity index (χ3v) is 1.79. The summed E-state index contributed by atoms with van der Waals surface area (Å²) in [7, 11) is 0. The van der Waals surface area contributed by atoms with Crippen LogP contribution in [0.5, 0.6) is 0 Å². The average Bonchev–Trinajstić information content (AvgIpc) is 2.75. The summed E-state index contributed by atoms with van der Waals surface area (Å²) in [5, 5.41) is 17.4. The molecule has 2 aromatic rings. The fourth-order valence-electron chi connectivity index (χ4n) is 1.15. The van der Waals surface area contributed by atoms with Gasteiger partial charge in [0.25, 0.3) is 6.33 Å². The zero-order valence-electron chi connectivity index (χ0n) is 8.18. The highest BCUT2D eigenvalue weighted by molar-refractivity contribution is 5.65. The van der Waals surface area contributed by atoms with Crippen LogP contribution in [0.25, 0.3) is 5.69 Å². The third kappa shape index (κ3) is 2.14. The molecule has 0 aliphatic carbocycles. The molecular formula is C9H8N4O3. The highest BCUT2D eigenvalue weighted by atomic mass is 16.7. The topological polar surface area (TPSA) is 84.0 Å². The van der Waals surface area contributed by atoms with E-state index >= 15 is 0 Å². The Hall–Kier alpha value is -2.44. The van der Waals surface area contributed by atoms with Gasteiger partial charge in [-0.2, -0.15) is 0 Å². The van der Waals surface area contributed by atoms with E-state index in [-0.39, 0.29) is 0 Å². The fourth-order valence-corrected chi connectivity index (χ4v) is 1.15. The maximum Gasteiger partial charge on any atom is 0.296 e. The van der Waals surface area contributed by atoms with Crippen molar-refractivity contribution < 1.29 is 19.4 Å². The van der Waals surface area contributed by atoms with E-state index < -0.39 is 12.6 Å². The molecule has 7 heteroatoms. The van der Waals surface area contributed by atoms with E-state index in [1.807, 2.05) is 30.3 Å². The first-order valence-electron chi connectivity index (χ1n) is 4.48. The van der Waals surface area contributed by atoms with Crippen LogP contribution in [-0.4, -0.2) is 27.8 Å². The van der Waals surface area contributed by atoms with E-state index in [9.17, 15) is 9.90 Å². The third-order valence-electron chi connectivity index (χ3n) is 1.79. The lowest BCUT2D eigenvalue weighted by Crippen LogP contribution is -2.46. The molecule has 0 unspecified atom stereocenters. The fraction of sp³-hybridized carbons (Fsp3) is 0.111. The zero-order valence-corrected chi connectivity index (χ0v) is 8.18. The molecule has 0 amide bonds. The minimum atomic E-state index is -1.32. The molecule has 0 fully saturated rings. The van der Waals surface area contributed by atoms with Crippen molar-refractivity contribution in [3.63, 3.8) is 0 Å². The monoisotopic (exact) mass is 220 g/mol. The largest absolute Gasteiger partial charge is 0.546 e. The number of aliphatic carboxylic acids is 1. The number of carbonyl (C=O) groups is 1. The summed E-state index contributed by atoms with van der Waals surface area (Å²) in [6.45, 7) is -0.587. The van der Waals surface area contributed by atoms with Crippen LogP contribution in [0.2, 0.25) is 0 Å². The molecule has 0 saturated carbocycles. The molecule has 1 aromatic heterocycles. The van der Waals surface area contributed by atoms with Gasteiger partial charge in [0.2, 0.25) is 5.21 Å². The first kappa shape index (κ1) is 10.1. The van der Waals surface area contributed by atoms with Crippen LogP contribution in [0.15, 0.2) is 36.7 Å². The Morgan fingerprint density at radius 2 is 2.19 bits per heavy atom. The van der Waals surface area contributed by atoms with Gasteiger partial charge in [-0.3, -0.25) is 0 Å². The Balaban J connectivity index is 2.23. The summed E-state index contributed by atoms with van der Waals surface area (Å²) < 4.78 is 1.46. The van der Waals surface area contributed by atoms with Gasteiger partial charge < -0.3 is 14.7 Å². The van der Waals surface area contributed by atoms with E-state index in [0.717, 1.165) is 10.6 Å². The summed E-state index contributed by atoms with van der Waals surface area (Å²) in [5.41, 5.74) is 0.755. The van der Waals surface area contributed by atoms with Crippen LogP contribution in [0.3, 0.4) is 0 Å². The predicted molar refractivity (Wildman–Crippen MR) is 48.0 cm³/mol. The Kier molecular flexibility index (Phi) is 2.77. The summed E-state index contributed by atoms with van der Waals surface area (Å²) >= 11 is 0. The van der Waals surface area contributed by atoms with E-state index in [1.54, 1.807) is 0 Å². The van der Waals surface area contributed by atoms with Gasteiger partial charge in [-0.25, -0.2) is 0 Å². The van der Waals surface area contributed by atoms with Gasteiger partial charge in [0.1, 0.15) is 15.7 Å². The second-order valence-corrected chi connectivity index (χ2v) is 2.90. The summed E-state index contributed by atoms with van der Waals surface area (Å²) in [6, 6.07) is 9.14. The molecule has 0 N–H and O–H groups in total. The van der Waals surface area contributed by atoms with Gasteiger partial charge >= 0.3 is 0 Å². The van der Waals surface area contributed by atoms with Gasteiger partial charge in [-0.1, -0.05) is 22.9 Å². The van der Waals surface area contributed by atoms with E-state index in [0.29, 0.717) is 0 Å². The van der Waals surface area contributed by atoms with Crippen molar-refractivity contribution in [3.8, 4) is 5.69 Å². The van der Waals surface area contributed by atoms with Gasteiger partial charge in [0, 0.05) is 0 Å². The standard InChI is InChI=1S/C9H8N4O3/c14-9(15)6-16-13-11-10-7-12(13)8-4-2-1-3-5-8/h1-5,7H,6H2. The van der Waals surface area contributed by atoms with Crippen LogP contribution in [-0.2, 0) is 4.79 Å². The summed E-state index contributed by atoms with van der Waals surface area (Å²) in [6.07, 6.45) is 1.41. The van der Waals surface area contributed by atoms with Crippen LogP contribution < -0.4 is 14.6 Å². The van der Waals surface area contributed by atoms with Gasteiger partial charge in [0.15, 0.2) is 6.61 Å². The van der Waals surface area contributed by atoms with Crippen molar-refractivity contribution in [1.82, 2.24) is 15.3 Å². The van der Waals surface area contributed by atoms with Gasteiger partial charge in [-0.05, 0) is 12.1 Å². The Labute approximate surface area is 90.4 Å². The lowest BCUT2D eigenvalue weighted by molar-refractivity contribution is -0.721. The normalized spacial score (nSPS) is 10.0. The minimum absolute atomic E-state index is 0.587. The molecular weight excluding hydrogens is 212 g/mol. The number of hydrogen-bond donors (Lipinski definition) is 0. The number of aromatic nitrogens is 4. The molecule has 0 aliphatic heterocycles. The molecule has 2 rings (SSSR count). The highest BCUT2D eigenvalue weighted by Gasteiger charge is 2.12. The number of benzene rings is 1. The highest BCUT2D eigenvalue weighted by Crippen LogP contribution is 1.95. The maximum absolute atomic E-state index is 10.2. The molecule has 82 valence electrons. The lowest BCUT2D eigenvalue weighted by Gasteiger charge is -2.03. The second kappa shape index (κ2) is 4.39. The van der Waals surface area contributed by atoms with E-state index in [2.05, 4.69) is 10.3 Å². The van der Waals surface area contributed by atoms with Gasteiger partial charge in [-0.15, -0.1) is 0 Å². The average molecular weight is 220 g/mol. The van der Waals surface area contributed by atoms with E-state index in [4.69, 9.17) is 4.84 Å². The van der Waals surface area contributed by atoms with Crippen molar-refractivity contribution >= 4 is 5.97 Å². The number of carboxylic acid groups (broad SMARTS) is 1. The van der Waals surface area contributed by atoms with Crippen molar-refractivity contribution in [2.45, 2.75) is 0 Å². The maximum atomic E-state index is 10.2. The Bertz CT molecular complexity index is 483. The van der Waals surface area contributed by atoms with Crippen LogP contribution in [0.1, 0.15) is 0 Å². The number of carboxylic acids is 1. The molecule has 0 aliphatic rings. The zero-order chi connectivity index (χ0) is 11.4. The molecule has 1 aromatic carbocycles. The quantitative estimate of drug-likeness (QED) is 0.543. The van der Waals surface area contributed by atoms with Crippen molar-refractivity contribution in [1.29, 1.82) is 0 Å². The summed E-state index contributed by atoms with van der Waals surface area (Å²) in [5.74, 6) is -1.32. The number of hydrogen-bond acceptors (Lipinski definition) is 5. The number of para-hydroxylation sites is 1. The molecule has 16 heavy (non-hydrogen) atoms. The first-order valence-corrected chi connectivity index (χ1v) is 4.48. The Morgan fingerprint density at radius 3 is 2.88 bits per heavy atom. The van der Waals surface area contributed by atoms with Crippen LogP contribution in [0, 0.1) is 0 Å². The molecule has 0 radical (unpaired) electrons. The molecule has 1 heterocycles. The summed E-state index contributed by atoms with van der Waals surface area (Å²) in [4.78, 5) is 16.0. The first-order chi connectivity index (χ1) is 7.77. The molecule has 0 spiro atoms. The molecule has 0 bridgehead atoms. The molecule has 0 saturated heterocycles. The van der Waals surface area contributed by atoms with Crippen molar-refractivity contribution in [3.05, 3.63) is 36.7 Å². The van der Waals surface area contributed by atoms with Crippen LogP contribution in [0.4, 0.5) is 0 Å². The Morgan fingerprint density at radius 1 is 1.44 bits per heavy atom. The SMILES string of the molecule is O=C([O-])COn1nnc[n+]1-c1ccccc1. The predicted octanol–water partition coefficient (Wildman–Crippen LogP) is -2.27. The lowest BCUT2D eigenvalue weighted by atomic mass is 10.3. The smallest absolute Gasteiger partial charge is 0.296 e. The number of rotatable bonds is 4. The number of tetrazole rings is 1. The second-order valence-electron chi connectivity index (χ2n) is 2.90. The minimum Gasteiger partial charge on any atom is -0.546 e. The molecule has 0 atom stereocenters. The van der Waals surface area contributed by atoms with E-state index in [1.165, 1.54) is 11.0 Å². The van der Waals surface area contributed by atoms with Crippen molar-refractivity contribution in [2.75, 3.05) is 6.61 Å². The number of carbonyl (C=O) groups excluding carboxylic acids is 1. The van der Waals surface area contributed by atoms with Crippen LogP contribution >= 0.6 is 0 Å². The molecule has 7 nitrogen and oxygen atoms in total.